The Kier molecular flexibility index (Phi) is 8.17. The monoisotopic (exact) mass is 464 g/mol. The number of carbonyl (C=O) groups excluding carboxylic acids is 2. The lowest BCUT2D eigenvalue weighted by atomic mass is 9.99. The van der Waals surface area contributed by atoms with Crippen LogP contribution in [0.25, 0.3) is 0 Å². The van der Waals surface area contributed by atoms with E-state index >= 15 is 0 Å². The van der Waals surface area contributed by atoms with E-state index in [0.29, 0.717) is 6.42 Å². The molecule has 0 aromatic heterocycles. The molecule has 2 rings (SSSR count). The number of phenols is 1. The number of carbonyl (C=O) groups is 2. The minimum Gasteiger partial charge on any atom is -0.542 e. The van der Waals surface area contributed by atoms with Crippen LogP contribution in [0.1, 0.15) is 62.9 Å². The maximum Gasteiger partial charge on any atom is 0.342 e. The van der Waals surface area contributed by atoms with Gasteiger partial charge in [-0.15, -0.1) is 0 Å². The molecule has 1 aliphatic heterocycles. The van der Waals surface area contributed by atoms with Crippen molar-refractivity contribution in [2.75, 3.05) is 0 Å². The molecule has 1 aromatic rings. The Morgan fingerprint density at radius 3 is 2.45 bits per heavy atom. The molecule has 1 aliphatic rings. The molecular formula is C24H33ClO5Si. The first kappa shape index (κ1) is 25.2. The van der Waals surface area contributed by atoms with Crippen LogP contribution in [0.4, 0.5) is 0 Å². The fourth-order valence-corrected chi connectivity index (χ4v) is 4.24. The number of rotatable bonds is 2. The molecule has 0 unspecified atom stereocenters. The van der Waals surface area contributed by atoms with Gasteiger partial charge < -0.3 is 14.3 Å². The molecular weight excluding hydrogens is 432 g/mol. The van der Waals surface area contributed by atoms with Gasteiger partial charge >= 0.3 is 5.97 Å². The molecule has 1 atom stereocenters. The second kappa shape index (κ2) is 10.0. The van der Waals surface area contributed by atoms with Crippen LogP contribution < -0.4 is 4.43 Å². The highest BCUT2D eigenvalue weighted by Gasteiger charge is 2.40. The molecule has 170 valence electrons. The van der Waals surface area contributed by atoms with Gasteiger partial charge in [0.25, 0.3) is 8.32 Å². The Hall–Kier alpha value is -2.05. The number of halogens is 1. The molecule has 31 heavy (non-hydrogen) atoms. The number of hydrogen-bond acceptors (Lipinski definition) is 5. The maximum absolute atomic E-state index is 12.9. The molecule has 1 heterocycles. The van der Waals surface area contributed by atoms with Crippen molar-refractivity contribution in [1.82, 2.24) is 0 Å². The highest BCUT2D eigenvalue weighted by molar-refractivity contribution is 6.74. The Balaban J connectivity index is 2.57. The Bertz CT molecular complexity index is 896. The second-order valence-corrected chi connectivity index (χ2v) is 14.6. The molecule has 7 heteroatoms. The molecule has 0 fully saturated rings. The first-order valence-corrected chi connectivity index (χ1v) is 13.9. The van der Waals surface area contributed by atoms with Gasteiger partial charge in [-0.2, -0.15) is 0 Å². The molecule has 0 radical (unpaired) electrons. The Morgan fingerprint density at radius 1 is 1.16 bits per heavy atom. The van der Waals surface area contributed by atoms with Crippen molar-refractivity contribution >= 4 is 31.7 Å². The molecule has 0 bridgehead atoms. The van der Waals surface area contributed by atoms with Crippen LogP contribution in [-0.2, 0) is 16.0 Å². The van der Waals surface area contributed by atoms with Gasteiger partial charge in [0, 0.05) is 24.5 Å². The standard InChI is InChI=1S/C24H33ClO5Si/c1-16-12-10-8-7-9-11-13-17(26)14-18-21(23(28)29-16)19(27)15-20(22(18)25)30-31(5,6)24(2,3)4/h8,10-11,13,15-16,27H,7,9,12,14H2,1-6H3/t16-/m1/s1. The Morgan fingerprint density at radius 2 is 1.81 bits per heavy atom. The fourth-order valence-electron chi connectivity index (χ4n) is 2.90. The summed E-state index contributed by atoms with van der Waals surface area (Å²) in [6.07, 6.45) is 8.82. The van der Waals surface area contributed by atoms with Crippen molar-refractivity contribution in [3.63, 3.8) is 0 Å². The highest BCUT2D eigenvalue weighted by atomic mass is 35.5. The number of esters is 1. The predicted molar refractivity (Wildman–Crippen MR) is 127 cm³/mol. The first-order valence-electron chi connectivity index (χ1n) is 10.6. The summed E-state index contributed by atoms with van der Waals surface area (Å²) in [6.45, 7) is 12.2. The van der Waals surface area contributed by atoms with Gasteiger partial charge in [-0.25, -0.2) is 4.79 Å². The lowest BCUT2D eigenvalue weighted by molar-refractivity contribution is -0.114. The van der Waals surface area contributed by atoms with Gasteiger partial charge in [0.15, 0.2) is 5.78 Å². The zero-order valence-corrected chi connectivity index (χ0v) is 21.0. The summed E-state index contributed by atoms with van der Waals surface area (Å²) in [4.78, 5) is 25.5. The van der Waals surface area contributed by atoms with Gasteiger partial charge in [0.1, 0.15) is 23.2 Å². The average molecular weight is 465 g/mol. The van der Waals surface area contributed by atoms with Gasteiger partial charge in [0.2, 0.25) is 0 Å². The molecule has 1 N–H and O–H groups in total. The minimum absolute atomic E-state index is 0.0813. The van der Waals surface area contributed by atoms with E-state index in [1.807, 2.05) is 18.2 Å². The number of aromatic hydroxyl groups is 1. The van der Waals surface area contributed by atoms with E-state index in [4.69, 9.17) is 20.8 Å². The quantitative estimate of drug-likeness (QED) is 0.312. The van der Waals surface area contributed by atoms with Crippen LogP contribution in [0.15, 0.2) is 30.4 Å². The number of phenolic OH excluding ortho intramolecular Hbond substituents is 1. The number of ether oxygens (including phenoxy) is 1. The van der Waals surface area contributed by atoms with Gasteiger partial charge in [-0.05, 0) is 44.0 Å². The first-order chi connectivity index (χ1) is 14.3. The smallest absolute Gasteiger partial charge is 0.342 e. The van der Waals surface area contributed by atoms with Gasteiger partial charge in [0.05, 0.1) is 5.02 Å². The third-order valence-corrected chi connectivity index (χ3v) is 10.5. The molecule has 0 saturated carbocycles. The topological polar surface area (TPSA) is 72.8 Å². The van der Waals surface area contributed by atoms with E-state index < -0.39 is 14.3 Å². The summed E-state index contributed by atoms with van der Waals surface area (Å²) in [5, 5.41) is 10.8. The van der Waals surface area contributed by atoms with Crippen LogP contribution in [0, 0.1) is 0 Å². The second-order valence-electron chi connectivity index (χ2n) is 9.47. The molecule has 0 aliphatic carbocycles. The lowest BCUT2D eigenvalue weighted by Gasteiger charge is -2.37. The minimum atomic E-state index is -2.28. The number of ketones is 1. The van der Waals surface area contributed by atoms with E-state index in [2.05, 4.69) is 33.9 Å². The number of fused-ring (bicyclic) bond motifs is 1. The van der Waals surface area contributed by atoms with Crippen molar-refractivity contribution < 1.29 is 23.9 Å². The number of hydrogen-bond donors (Lipinski definition) is 1. The van der Waals surface area contributed by atoms with Crippen molar-refractivity contribution in [3.8, 4) is 11.5 Å². The molecule has 5 nitrogen and oxygen atoms in total. The third-order valence-electron chi connectivity index (χ3n) is 5.78. The van der Waals surface area contributed by atoms with Crippen molar-refractivity contribution in [2.24, 2.45) is 0 Å². The van der Waals surface area contributed by atoms with Crippen LogP contribution in [0.3, 0.4) is 0 Å². The predicted octanol–water partition coefficient (Wildman–Crippen LogP) is 6.38. The molecule has 0 saturated heterocycles. The van der Waals surface area contributed by atoms with Crippen LogP contribution >= 0.6 is 11.6 Å². The summed E-state index contributed by atoms with van der Waals surface area (Å²) in [5.41, 5.74) is 0.150. The van der Waals surface area contributed by atoms with Gasteiger partial charge in [-0.1, -0.05) is 50.6 Å². The van der Waals surface area contributed by atoms with Crippen molar-refractivity contribution in [3.05, 3.63) is 46.5 Å². The largest absolute Gasteiger partial charge is 0.542 e. The average Bonchev–Trinajstić information content (AvgIpc) is 2.63. The highest BCUT2D eigenvalue weighted by Crippen LogP contribution is 2.43. The van der Waals surface area contributed by atoms with E-state index in [0.717, 1.165) is 12.8 Å². The number of allylic oxidation sites excluding steroid dienone is 3. The van der Waals surface area contributed by atoms with Crippen LogP contribution in [0.2, 0.25) is 23.2 Å². The molecule has 0 amide bonds. The Labute approximate surface area is 191 Å². The van der Waals surface area contributed by atoms with E-state index in [-0.39, 0.29) is 51.0 Å². The van der Waals surface area contributed by atoms with Gasteiger partial charge in [-0.3, -0.25) is 4.79 Å². The molecule has 0 spiro atoms. The molecule has 1 aromatic carbocycles. The number of benzene rings is 1. The van der Waals surface area contributed by atoms with Crippen LogP contribution in [-0.4, -0.2) is 31.3 Å². The van der Waals surface area contributed by atoms with E-state index in [1.54, 1.807) is 6.92 Å². The zero-order chi connectivity index (χ0) is 23.4. The van der Waals surface area contributed by atoms with E-state index in [9.17, 15) is 14.7 Å². The number of cyclic esters (lactones) is 1. The van der Waals surface area contributed by atoms with Crippen molar-refractivity contribution in [2.45, 2.75) is 77.6 Å². The summed E-state index contributed by atoms with van der Waals surface area (Å²) < 4.78 is 11.8. The van der Waals surface area contributed by atoms with Crippen LogP contribution in [0.5, 0.6) is 11.5 Å². The summed E-state index contributed by atoms with van der Waals surface area (Å²) in [7, 11) is -2.28. The fraction of sp³-hybridized carbons (Fsp3) is 0.500. The SMILES string of the molecule is C[C@@H]1CC=CCCC=CC(=O)Cc2c(Cl)c(O[Si](C)(C)C(C)(C)C)cc(O)c2C(=O)O1. The lowest BCUT2D eigenvalue weighted by Crippen LogP contribution is -2.44. The maximum atomic E-state index is 12.9. The van der Waals surface area contributed by atoms with E-state index in [1.165, 1.54) is 12.1 Å². The summed E-state index contributed by atoms with van der Waals surface area (Å²) in [5.74, 6) is -0.937. The third kappa shape index (κ3) is 6.47. The summed E-state index contributed by atoms with van der Waals surface area (Å²) in [6, 6.07) is 1.36. The summed E-state index contributed by atoms with van der Waals surface area (Å²) >= 11 is 6.66. The zero-order valence-electron chi connectivity index (χ0n) is 19.3. The van der Waals surface area contributed by atoms with Crippen molar-refractivity contribution in [1.29, 1.82) is 0 Å². The normalized spacial score (nSPS) is 18.9.